The largest absolute Gasteiger partial charge is 0.481 e. The Morgan fingerprint density at radius 3 is 2.02 bits per heavy atom. The van der Waals surface area contributed by atoms with Crippen molar-refractivity contribution in [3.8, 4) is 0 Å². The van der Waals surface area contributed by atoms with E-state index in [1.54, 1.807) is 11.8 Å². The zero-order chi connectivity index (χ0) is 43.5. The van der Waals surface area contributed by atoms with Gasteiger partial charge in [0.05, 0.1) is 12.1 Å². The zero-order valence-electron chi connectivity index (χ0n) is 34.7. The van der Waals surface area contributed by atoms with E-state index in [0.29, 0.717) is 57.3 Å². The summed E-state index contributed by atoms with van der Waals surface area (Å²) < 4.78 is 0. The number of likely N-dealkylation sites (tertiary alicyclic amines) is 1. The van der Waals surface area contributed by atoms with Gasteiger partial charge in [0.15, 0.2) is 11.6 Å². The molecule has 6 amide bonds. The van der Waals surface area contributed by atoms with E-state index in [4.69, 9.17) is 5.11 Å². The normalized spacial score (nSPS) is 14.8. The number of amides is 6. The fraction of sp³-hybridized carbons (Fsp3) is 0.535. The highest BCUT2D eigenvalue weighted by atomic mass is 16.4. The van der Waals surface area contributed by atoms with Gasteiger partial charge in [-0.25, -0.2) is 4.79 Å². The van der Waals surface area contributed by atoms with E-state index >= 15 is 0 Å². The number of allylic oxidation sites excluding steroid dienone is 1. The van der Waals surface area contributed by atoms with E-state index in [1.807, 2.05) is 49.4 Å². The van der Waals surface area contributed by atoms with Crippen molar-refractivity contribution in [1.82, 2.24) is 36.8 Å². The summed E-state index contributed by atoms with van der Waals surface area (Å²) in [6.45, 7) is 11.2. The van der Waals surface area contributed by atoms with Crippen LogP contribution in [0.5, 0.6) is 0 Å². The molecule has 0 bridgehead atoms. The van der Waals surface area contributed by atoms with Gasteiger partial charge in [-0.15, -0.1) is 0 Å². The van der Waals surface area contributed by atoms with Crippen molar-refractivity contribution in [2.75, 3.05) is 26.2 Å². The Kier molecular flexibility index (Phi) is 19.5. The van der Waals surface area contributed by atoms with Gasteiger partial charge in [-0.05, 0) is 75.1 Å². The predicted molar refractivity (Wildman–Crippen MR) is 223 cm³/mol. The summed E-state index contributed by atoms with van der Waals surface area (Å²) >= 11 is 0. The van der Waals surface area contributed by atoms with Crippen LogP contribution in [-0.4, -0.2) is 108 Å². The van der Waals surface area contributed by atoms with Crippen LogP contribution in [0.1, 0.15) is 91.0 Å². The number of nitrogens with zero attached hydrogens (tertiary/aromatic N) is 1. The van der Waals surface area contributed by atoms with Crippen molar-refractivity contribution in [2.45, 2.75) is 116 Å². The standard InChI is InChI=1S/C43H61N7O9/c1-6-27(3)46-37(26-45-38(53)7-2)42(58)50-22-19-32(20-23-50)40(56)47-36(25-30-15-16-31-12-8-9-13-33(31)24-30)41(57)44-21-11-10-14-34(28(4)51)48-43(59)49-35(29(5)52)17-18-39(54)55/h8-9,12-13,15-16,24,32,34-37,46H,3,6-7,10-11,14,17-23,25-26H2,1-2,4-5H3,(H,44,57)(H,45,53)(H,47,56)(H,54,55)(H2,48,49,59). The molecule has 1 saturated heterocycles. The number of carboxylic acid groups (broad SMARTS) is 1. The van der Waals surface area contributed by atoms with E-state index in [9.17, 15) is 38.4 Å². The summed E-state index contributed by atoms with van der Waals surface area (Å²) in [5, 5.41) is 27.8. The third kappa shape index (κ3) is 16.2. The number of unbranched alkanes of at least 4 members (excludes halogenated alkanes) is 1. The lowest BCUT2D eigenvalue weighted by atomic mass is 9.94. The van der Waals surface area contributed by atoms with E-state index in [0.717, 1.165) is 16.3 Å². The number of aliphatic carboxylic acids is 1. The highest BCUT2D eigenvalue weighted by Crippen LogP contribution is 2.20. The average molecular weight is 820 g/mol. The minimum atomic E-state index is -1.10. The molecule has 4 atom stereocenters. The maximum absolute atomic E-state index is 13.7. The molecule has 0 aliphatic carbocycles. The monoisotopic (exact) mass is 819 g/mol. The van der Waals surface area contributed by atoms with Gasteiger partial charge >= 0.3 is 12.0 Å². The van der Waals surface area contributed by atoms with Crippen molar-refractivity contribution in [1.29, 1.82) is 0 Å². The Balaban J connectivity index is 1.60. The number of piperidine rings is 1. The molecule has 16 nitrogen and oxygen atoms in total. The summed E-state index contributed by atoms with van der Waals surface area (Å²) in [5.74, 6) is -3.27. The number of ketones is 2. The van der Waals surface area contributed by atoms with Gasteiger partial charge in [0.2, 0.25) is 23.6 Å². The second kappa shape index (κ2) is 24.2. The molecule has 3 rings (SSSR count). The highest BCUT2D eigenvalue weighted by Gasteiger charge is 2.33. The van der Waals surface area contributed by atoms with Crippen molar-refractivity contribution in [3.05, 3.63) is 60.3 Å². The number of hydrogen-bond acceptors (Lipinski definition) is 9. The quantitative estimate of drug-likeness (QED) is 0.0766. The van der Waals surface area contributed by atoms with E-state index in [2.05, 4.69) is 38.5 Å². The summed E-state index contributed by atoms with van der Waals surface area (Å²) in [5.41, 5.74) is 1.53. The van der Waals surface area contributed by atoms with Crippen LogP contribution < -0.4 is 31.9 Å². The van der Waals surface area contributed by atoms with Gasteiger partial charge in [0.25, 0.3) is 0 Å². The number of carbonyl (C=O) groups is 8. The number of urea groups is 1. The van der Waals surface area contributed by atoms with Crippen LogP contribution in [0, 0.1) is 5.92 Å². The average Bonchev–Trinajstić information content (AvgIpc) is 3.21. The lowest BCUT2D eigenvalue weighted by Gasteiger charge is -2.35. The molecular formula is C43H61N7O9. The Morgan fingerprint density at radius 2 is 1.41 bits per heavy atom. The fourth-order valence-corrected chi connectivity index (χ4v) is 6.76. The minimum Gasteiger partial charge on any atom is -0.481 e. The fourth-order valence-electron chi connectivity index (χ4n) is 6.76. The molecule has 1 fully saturated rings. The Morgan fingerprint density at radius 1 is 0.763 bits per heavy atom. The number of rotatable bonds is 24. The second-order valence-electron chi connectivity index (χ2n) is 15.0. The third-order valence-electron chi connectivity index (χ3n) is 10.4. The van der Waals surface area contributed by atoms with E-state index in [-0.39, 0.29) is 68.2 Å². The summed E-state index contributed by atoms with van der Waals surface area (Å²) in [4.78, 5) is 102. The van der Waals surface area contributed by atoms with Crippen LogP contribution in [-0.2, 0) is 40.0 Å². The third-order valence-corrected chi connectivity index (χ3v) is 10.4. The second-order valence-corrected chi connectivity index (χ2v) is 15.0. The van der Waals surface area contributed by atoms with E-state index < -0.39 is 47.9 Å². The molecule has 1 aliphatic heterocycles. The van der Waals surface area contributed by atoms with Gasteiger partial charge in [-0.3, -0.25) is 33.6 Å². The van der Waals surface area contributed by atoms with Crippen LogP contribution in [0.4, 0.5) is 4.79 Å². The van der Waals surface area contributed by atoms with Gasteiger partial charge in [0.1, 0.15) is 12.1 Å². The molecule has 2 aromatic rings. The van der Waals surface area contributed by atoms with Crippen LogP contribution in [0.25, 0.3) is 10.8 Å². The van der Waals surface area contributed by atoms with Crippen molar-refractivity contribution < 1.29 is 43.5 Å². The predicted octanol–water partition coefficient (Wildman–Crippen LogP) is 2.88. The molecule has 16 heteroatoms. The SMILES string of the molecule is C=C(CC)NC(CNC(=O)CC)C(=O)N1CCC(C(=O)NC(Cc2ccc3ccccc3c2)C(=O)NCCCCC(NC(=O)NC(CCC(=O)O)C(C)=O)C(C)=O)CC1. The van der Waals surface area contributed by atoms with Gasteiger partial charge in [-0.1, -0.05) is 62.9 Å². The molecule has 59 heavy (non-hydrogen) atoms. The molecule has 7 N–H and O–H groups in total. The Hall–Kier alpha value is -5.80. The number of Topliss-reactive ketones (excluding diaryl/α,β-unsaturated/α-hetero) is 2. The highest BCUT2D eigenvalue weighted by molar-refractivity contribution is 5.91. The first-order chi connectivity index (χ1) is 28.1. The summed E-state index contributed by atoms with van der Waals surface area (Å²) in [7, 11) is 0. The first kappa shape index (κ1) is 47.6. The Labute approximate surface area is 346 Å². The first-order valence-electron chi connectivity index (χ1n) is 20.5. The van der Waals surface area contributed by atoms with Crippen molar-refractivity contribution in [3.63, 3.8) is 0 Å². The number of carbonyl (C=O) groups excluding carboxylic acids is 7. The lowest BCUT2D eigenvalue weighted by Crippen LogP contribution is -2.55. The first-order valence-corrected chi connectivity index (χ1v) is 20.5. The minimum absolute atomic E-state index is 0.0815. The zero-order valence-corrected chi connectivity index (χ0v) is 34.7. The van der Waals surface area contributed by atoms with Gasteiger partial charge < -0.3 is 41.9 Å². The number of nitrogens with one attached hydrogen (secondary N) is 6. The summed E-state index contributed by atoms with van der Waals surface area (Å²) in [6.07, 6.45) is 2.71. The molecule has 0 radical (unpaired) electrons. The molecular weight excluding hydrogens is 759 g/mol. The molecule has 322 valence electrons. The van der Waals surface area contributed by atoms with Crippen molar-refractivity contribution >= 4 is 58.0 Å². The maximum Gasteiger partial charge on any atom is 0.315 e. The lowest BCUT2D eigenvalue weighted by molar-refractivity contribution is -0.138. The van der Waals surface area contributed by atoms with Crippen LogP contribution in [0.3, 0.4) is 0 Å². The van der Waals surface area contributed by atoms with Gasteiger partial charge in [-0.2, -0.15) is 0 Å². The Bertz CT molecular complexity index is 1830. The smallest absolute Gasteiger partial charge is 0.315 e. The molecule has 0 aromatic heterocycles. The summed E-state index contributed by atoms with van der Waals surface area (Å²) in [6, 6.07) is 9.51. The number of benzene rings is 2. The molecule has 1 heterocycles. The van der Waals surface area contributed by atoms with Crippen LogP contribution in [0.15, 0.2) is 54.7 Å². The molecule has 0 spiro atoms. The van der Waals surface area contributed by atoms with E-state index in [1.165, 1.54) is 13.8 Å². The van der Waals surface area contributed by atoms with Gasteiger partial charge in [0, 0.05) is 57.1 Å². The number of fused-ring (bicyclic) bond motifs is 1. The number of hydrogen-bond donors (Lipinski definition) is 7. The topological polar surface area (TPSA) is 232 Å². The molecule has 1 aliphatic rings. The van der Waals surface area contributed by atoms with Crippen LogP contribution in [0.2, 0.25) is 0 Å². The molecule has 0 saturated carbocycles. The maximum atomic E-state index is 13.7. The molecule has 2 aromatic carbocycles. The number of carboxylic acids is 1. The van der Waals surface area contributed by atoms with Crippen molar-refractivity contribution in [2.24, 2.45) is 5.92 Å². The molecule has 4 unspecified atom stereocenters. The van der Waals surface area contributed by atoms with Crippen LogP contribution >= 0.6 is 0 Å².